The minimum Gasteiger partial charge on any atom is -0.398 e. The summed E-state index contributed by atoms with van der Waals surface area (Å²) < 4.78 is 15.9. The lowest BCUT2D eigenvalue weighted by atomic mass is 9.86. The van der Waals surface area contributed by atoms with Crippen molar-refractivity contribution < 1.29 is 19.4 Å². The van der Waals surface area contributed by atoms with Gasteiger partial charge >= 0.3 is 0 Å². The van der Waals surface area contributed by atoms with Crippen LogP contribution in [-0.4, -0.2) is 47.1 Å². The summed E-state index contributed by atoms with van der Waals surface area (Å²) in [6.07, 6.45) is 4.83. The molecule has 5 rings (SSSR count). The van der Waals surface area contributed by atoms with Crippen LogP contribution in [-0.2, 0) is 17.8 Å². The maximum Gasteiger partial charge on any atom is 0.258 e. The summed E-state index contributed by atoms with van der Waals surface area (Å²) in [6, 6.07) is 9.98. The molecule has 1 aliphatic heterocycles. The molecule has 9 heteroatoms. The van der Waals surface area contributed by atoms with Gasteiger partial charge in [0.25, 0.3) is 5.91 Å². The van der Waals surface area contributed by atoms with Gasteiger partial charge in [0.1, 0.15) is 11.4 Å². The van der Waals surface area contributed by atoms with Gasteiger partial charge in [-0.3, -0.25) is 14.8 Å². The Hall–Kier alpha value is -3.56. The lowest BCUT2D eigenvalue weighted by molar-refractivity contribution is -0.0228. The monoisotopic (exact) mass is 498 g/mol. The first-order chi connectivity index (χ1) is 17.4. The molecule has 1 amide bonds. The Bertz CT molecular complexity index is 1440. The highest BCUT2D eigenvalue weighted by Crippen LogP contribution is 2.46. The van der Waals surface area contributed by atoms with Gasteiger partial charge in [-0.05, 0) is 67.5 Å². The van der Waals surface area contributed by atoms with Gasteiger partial charge in [-0.25, -0.2) is 4.39 Å². The minimum absolute atomic E-state index is 0.0517. The van der Waals surface area contributed by atoms with Crippen molar-refractivity contribution in [2.24, 2.45) is 4.99 Å². The molecule has 1 aromatic heterocycles. The number of benzene rings is 2. The van der Waals surface area contributed by atoms with E-state index in [0.717, 1.165) is 23.3 Å². The number of rotatable bonds is 6. The SMILES string of the molecule is [B]C1(O)c2ncccc2C(=O)N1Cc1c(F)cc(-c2ccc(C(C)(C)O)c(N)c2C=NC)cc1C1CC1. The molecule has 0 saturated heterocycles. The van der Waals surface area contributed by atoms with Gasteiger partial charge in [0.2, 0.25) is 0 Å². The summed E-state index contributed by atoms with van der Waals surface area (Å²) in [5.41, 5.74) is 7.22. The van der Waals surface area contributed by atoms with Crippen molar-refractivity contribution in [2.75, 3.05) is 12.8 Å². The van der Waals surface area contributed by atoms with Gasteiger partial charge < -0.3 is 20.8 Å². The number of fused-ring (bicyclic) bond motifs is 1. The van der Waals surface area contributed by atoms with Crippen molar-refractivity contribution >= 4 is 25.7 Å². The summed E-state index contributed by atoms with van der Waals surface area (Å²) >= 11 is 0. The number of aliphatic imine (C=N–C) groups is 1. The molecule has 2 heterocycles. The standard InChI is InChI=1S/C28H28BFN4O3/c1-27(2,36)22-9-8-17(20(13-32-3)24(22)31)16-11-19(15-6-7-15)21(23(30)12-16)14-34-26(35)18-5-4-10-33-25(18)28(34,29)37/h4-5,8-13,15,36-37H,6-7,14,31H2,1-3H3. The second kappa shape index (κ2) is 8.78. The van der Waals surface area contributed by atoms with Crippen molar-refractivity contribution in [1.82, 2.24) is 9.88 Å². The van der Waals surface area contributed by atoms with Crippen LogP contribution in [0.1, 0.15) is 70.9 Å². The van der Waals surface area contributed by atoms with Crippen LogP contribution in [0.15, 0.2) is 47.6 Å². The maximum absolute atomic E-state index is 15.9. The Balaban J connectivity index is 1.60. The zero-order valence-corrected chi connectivity index (χ0v) is 21.0. The van der Waals surface area contributed by atoms with Crippen LogP contribution in [0.2, 0.25) is 0 Å². The van der Waals surface area contributed by atoms with Crippen LogP contribution in [0.25, 0.3) is 11.1 Å². The van der Waals surface area contributed by atoms with Crippen LogP contribution in [0.4, 0.5) is 10.1 Å². The lowest BCUT2D eigenvalue weighted by Gasteiger charge is -2.32. The first kappa shape index (κ1) is 25.1. The summed E-state index contributed by atoms with van der Waals surface area (Å²) in [7, 11) is 7.75. The fraction of sp³-hybridized carbons (Fsp3) is 0.321. The highest BCUT2D eigenvalue weighted by molar-refractivity contribution is 6.19. The Morgan fingerprint density at radius 3 is 2.65 bits per heavy atom. The van der Waals surface area contributed by atoms with Crippen molar-refractivity contribution in [1.29, 1.82) is 0 Å². The van der Waals surface area contributed by atoms with Gasteiger partial charge in [-0.1, -0.05) is 18.2 Å². The molecule has 1 aliphatic carbocycles. The first-order valence-electron chi connectivity index (χ1n) is 12.1. The third kappa shape index (κ3) is 4.22. The molecule has 1 atom stereocenters. The van der Waals surface area contributed by atoms with Crippen LogP contribution < -0.4 is 5.73 Å². The molecule has 2 aliphatic rings. The van der Waals surface area contributed by atoms with Crippen molar-refractivity contribution in [3.8, 4) is 11.1 Å². The Kier molecular flexibility index (Phi) is 5.96. The molecule has 0 bridgehead atoms. The Morgan fingerprint density at radius 2 is 2.03 bits per heavy atom. The summed E-state index contributed by atoms with van der Waals surface area (Å²) in [6.45, 7) is 3.09. The molecule has 2 aromatic carbocycles. The van der Waals surface area contributed by atoms with E-state index in [4.69, 9.17) is 13.6 Å². The second-order valence-electron chi connectivity index (χ2n) is 10.3. The van der Waals surface area contributed by atoms with E-state index < -0.39 is 22.9 Å². The zero-order chi connectivity index (χ0) is 26.7. The predicted molar refractivity (Wildman–Crippen MR) is 141 cm³/mol. The Morgan fingerprint density at radius 1 is 1.30 bits per heavy atom. The van der Waals surface area contributed by atoms with Crippen molar-refractivity contribution in [2.45, 2.75) is 50.4 Å². The first-order valence-corrected chi connectivity index (χ1v) is 12.1. The third-order valence-electron chi connectivity index (χ3n) is 7.12. The third-order valence-corrected chi connectivity index (χ3v) is 7.12. The molecule has 4 N–H and O–H groups in total. The number of aromatic nitrogens is 1. The highest BCUT2D eigenvalue weighted by Gasteiger charge is 2.46. The van der Waals surface area contributed by atoms with E-state index in [9.17, 15) is 15.0 Å². The van der Waals surface area contributed by atoms with Crippen molar-refractivity contribution in [3.63, 3.8) is 0 Å². The number of halogens is 1. The number of carbonyl (C=O) groups is 1. The van der Waals surface area contributed by atoms with E-state index in [0.29, 0.717) is 33.5 Å². The van der Waals surface area contributed by atoms with E-state index in [1.165, 1.54) is 12.3 Å². The second-order valence-corrected chi connectivity index (χ2v) is 10.3. The molecule has 37 heavy (non-hydrogen) atoms. The molecule has 7 nitrogen and oxygen atoms in total. The topological polar surface area (TPSA) is 112 Å². The number of aliphatic hydroxyl groups is 2. The van der Waals surface area contributed by atoms with Gasteiger partial charge in [-0.2, -0.15) is 0 Å². The Labute approximate surface area is 216 Å². The number of amides is 1. The van der Waals surface area contributed by atoms with E-state index >= 15 is 4.39 Å². The smallest absolute Gasteiger partial charge is 0.258 e. The number of hydrogen-bond donors (Lipinski definition) is 3. The number of hydrogen-bond acceptors (Lipinski definition) is 6. The van der Waals surface area contributed by atoms with Gasteiger partial charge in [0.15, 0.2) is 7.85 Å². The number of carbonyl (C=O) groups excluding carboxylic acids is 1. The van der Waals surface area contributed by atoms with E-state index in [2.05, 4.69) is 9.98 Å². The van der Waals surface area contributed by atoms with Gasteiger partial charge in [0, 0.05) is 41.8 Å². The predicted octanol–water partition coefficient (Wildman–Crippen LogP) is 3.55. The summed E-state index contributed by atoms with van der Waals surface area (Å²) in [4.78, 5) is 22.3. The number of nitrogens with two attached hydrogens (primary N) is 1. The quantitative estimate of drug-likeness (QED) is 0.274. The molecular formula is C28H28BFN4O3. The van der Waals surface area contributed by atoms with Crippen LogP contribution in [0.5, 0.6) is 0 Å². The molecule has 188 valence electrons. The molecule has 1 fully saturated rings. The van der Waals surface area contributed by atoms with Gasteiger partial charge in [-0.15, -0.1) is 0 Å². The number of pyridine rings is 1. The number of anilines is 1. The largest absolute Gasteiger partial charge is 0.398 e. The molecular weight excluding hydrogens is 470 g/mol. The fourth-order valence-corrected chi connectivity index (χ4v) is 5.08. The normalized spacial score (nSPS) is 19.6. The van der Waals surface area contributed by atoms with Gasteiger partial charge in [0.05, 0.1) is 23.4 Å². The molecule has 1 unspecified atom stereocenters. The van der Waals surface area contributed by atoms with Crippen LogP contribution in [0, 0.1) is 5.82 Å². The summed E-state index contributed by atoms with van der Waals surface area (Å²) in [5.74, 6) is -0.893. The van der Waals surface area contributed by atoms with E-state index in [1.807, 2.05) is 6.07 Å². The highest BCUT2D eigenvalue weighted by atomic mass is 19.1. The molecule has 3 aromatic rings. The maximum atomic E-state index is 15.9. The molecule has 1 saturated carbocycles. The summed E-state index contributed by atoms with van der Waals surface area (Å²) in [5, 5.41) is 21.5. The fourth-order valence-electron chi connectivity index (χ4n) is 5.08. The van der Waals surface area contributed by atoms with Crippen LogP contribution in [0.3, 0.4) is 0 Å². The van der Waals surface area contributed by atoms with E-state index in [1.54, 1.807) is 51.4 Å². The van der Waals surface area contributed by atoms with Crippen LogP contribution >= 0.6 is 0 Å². The zero-order valence-electron chi connectivity index (χ0n) is 21.0. The number of nitrogens with zero attached hydrogens (tertiary/aromatic N) is 3. The average molecular weight is 498 g/mol. The minimum atomic E-state index is -2.15. The molecule has 2 radical (unpaired) electrons. The lowest BCUT2D eigenvalue weighted by Crippen LogP contribution is -2.44. The van der Waals surface area contributed by atoms with Crippen molar-refractivity contribution in [3.05, 3.63) is 81.9 Å². The molecule has 0 spiro atoms. The average Bonchev–Trinajstić information content (AvgIpc) is 3.65. The number of nitrogen functional groups attached to an aromatic ring is 1. The van der Waals surface area contributed by atoms with E-state index in [-0.39, 0.29) is 23.7 Å².